The molecule has 1 aliphatic carbocycles. The normalized spacial score (nSPS) is 30.1. The van der Waals surface area contributed by atoms with Crippen molar-refractivity contribution in [1.82, 2.24) is 10.6 Å². The second-order valence-corrected chi connectivity index (χ2v) is 11.0. The van der Waals surface area contributed by atoms with Gasteiger partial charge in [-0.05, 0) is 38.2 Å². The molecule has 0 saturated carbocycles. The fourth-order valence-electron chi connectivity index (χ4n) is 5.26. The summed E-state index contributed by atoms with van der Waals surface area (Å²) in [6.07, 6.45) is 3.88. The van der Waals surface area contributed by atoms with Crippen molar-refractivity contribution in [2.75, 3.05) is 20.8 Å². The number of carbonyl (C=O) groups is 5. The van der Waals surface area contributed by atoms with E-state index in [9.17, 15) is 24.0 Å². The molecule has 246 valence electrons. The molecular formula is C32H44N4O9. The molecule has 3 amide bonds. The van der Waals surface area contributed by atoms with E-state index in [2.05, 4.69) is 17.2 Å². The third-order valence-electron chi connectivity index (χ3n) is 7.43. The Balaban J connectivity index is 2.72. The van der Waals surface area contributed by atoms with Crippen LogP contribution in [0, 0.1) is 11.8 Å². The molecule has 0 saturated heterocycles. The van der Waals surface area contributed by atoms with Gasteiger partial charge in [0.05, 0.1) is 17.5 Å². The fourth-order valence-corrected chi connectivity index (χ4v) is 5.26. The number of hydrogen-bond donors (Lipinski definition) is 4. The second kappa shape index (κ2) is 17.1. The maximum atomic E-state index is 13.7. The standard InChI is InChI=1S/C32H44N4O9/c1-8-12-35-26-21-13-17(2)14-25(43-7)29(45-32(34)41)20(5)15-19(4)28(44-31(33)40)24(42-6)11-9-10-18(3)30(39)36-22(27(21)38)16-23(26)37/h8-11,15-17,20,24-25,28-29,35H,1,12-14H2,2-7H3,(H2,33,40)(H2,34,41)(H,36,39)/b11-9-,18-10+,19-15+/t17-,20+,24?,25+,28+,29?/m1/s1. The van der Waals surface area contributed by atoms with Crippen LogP contribution >= 0.6 is 0 Å². The third-order valence-corrected chi connectivity index (χ3v) is 7.43. The Morgan fingerprint density at radius 2 is 1.76 bits per heavy atom. The first-order valence-electron chi connectivity index (χ1n) is 14.4. The highest BCUT2D eigenvalue weighted by Gasteiger charge is 2.35. The number of fused-ring (bicyclic) bond motifs is 2. The summed E-state index contributed by atoms with van der Waals surface area (Å²) in [5, 5.41) is 5.50. The minimum Gasteiger partial charge on any atom is -0.443 e. The second-order valence-electron chi connectivity index (χ2n) is 11.0. The maximum absolute atomic E-state index is 13.7. The van der Waals surface area contributed by atoms with E-state index in [0.717, 1.165) is 6.08 Å². The molecule has 0 radical (unpaired) electrons. The summed E-state index contributed by atoms with van der Waals surface area (Å²) >= 11 is 0. The van der Waals surface area contributed by atoms with Gasteiger partial charge in [-0.2, -0.15) is 0 Å². The molecule has 2 rings (SSSR count). The summed E-state index contributed by atoms with van der Waals surface area (Å²) < 4.78 is 22.2. The topological polar surface area (TPSA) is 198 Å². The van der Waals surface area contributed by atoms with Crippen molar-refractivity contribution in [3.8, 4) is 0 Å². The average Bonchev–Trinajstić information content (AvgIpc) is 2.97. The molecule has 6 atom stereocenters. The number of primary amides is 2. The predicted molar refractivity (Wildman–Crippen MR) is 166 cm³/mol. The van der Waals surface area contributed by atoms with Gasteiger partial charge in [0.1, 0.15) is 12.2 Å². The number of hydrogen-bond acceptors (Lipinski definition) is 10. The number of ketones is 2. The lowest BCUT2D eigenvalue weighted by Crippen LogP contribution is -2.41. The van der Waals surface area contributed by atoms with E-state index < -0.39 is 60.0 Å². The number of nitrogens with two attached hydrogens (primary N) is 2. The van der Waals surface area contributed by atoms with Crippen molar-refractivity contribution in [2.45, 2.75) is 65.0 Å². The number of rotatable bonds is 7. The van der Waals surface area contributed by atoms with Crippen molar-refractivity contribution in [3.05, 3.63) is 71.1 Å². The highest BCUT2D eigenvalue weighted by molar-refractivity contribution is 6.23. The van der Waals surface area contributed by atoms with E-state index in [1.807, 2.05) is 6.92 Å². The van der Waals surface area contributed by atoms with Crippen LogP contribution in [-0.2, 0) is 33.3 Å². The van der Waals surface area contributed by atoms with E-state index in [1.165, 1.54) is 33.3 Å². The molecular weight excluding hydrogens is 584 g/mol. The Kier molecular flexibility index (Phi) is 14.0. The van der Waals surface area contributed by atoms with Gasteiger partial charge >= 0.3 is 12.2 Å². The zero-order valence-corrected chi connectivity index (χ0v) is 26.6. The average molecular weight is 629 g/mol. The Morgan fingerprint density at radius 3 is 2.33 bits per heavy atom. The Labute approximate surface area is 263 Å². The quantitative estimate of drug-likeness (QED) is 0.240. The monoisotopic (exact) mass is 628 g/mol. The summed E-state index contributed by atoms with van der Waals surface area (Å²) in [7, 11) is 2.86. The number of Topliss-reactive ketones (excluding diaryl/α,β-unsaturated/α-hetero) is 1. The lowest BCUT2D eigenvalue weighted by Gasteiger charge is -2.32. The van der Waals surface area contributed by atoms with Gasteiger partial charge in [-0.3, -0.25) is 14.4 Å². The molecule has 13 nitrogen and oxygen atoms in total. The molecule has 2 aliphatic rings. The van der Waals surface area contributed by atoms with E-state index in [4.69, 9.17) is 30.4 Å². The number of amides is 3. The van der Waals surface area contributed by atoms with Crippen LogP contribution in [0.1, 0.15) is 40.5 Å². The highest BCUT2D eigenvalue weighted by Crippen LogP contribution is 2.30. The van der Waals surface area contributed by atoms with E-state index in [-0.39, 0.29) is 47.8 Å². The van der Waals surface area contributed by atoms with Gasteiger partial charge in [0.15, 0.2) is 6.10 Å². The first-order chi connectivity index (χ1) is 21.2. The van der Waals surface area contributed by atoms with Crippen molar-refractivity contribution in [2.24, 2.45) is 23.3 Å². The fraction of sp³-hybridized carbons (Fsp3) is 0.469. The van der Waals surface area contributed by atoms with Gasteiger partial charge in [-0.1, -0.05) is 44.2 Å². The molecule has 2 unspecified atom stereocenters. The lowest BCUT2D eigenvalue weighted by atomic mass is 9.85. The molecule has 1 heterocycles. The smallest absolute Gasteiger partial charge is 0.405 e. The van der Waals surface area contributed by atoms with Crippen LogP contribution in [0.4, 0.5) is 9.59 Å². The van der Waals surface area contributed by atoms with Crippen molar-refractivity contribution >= 4 is 29.7 Å². The summed E-state index contributed by atoms with van der Waals surface area (Å²) in [4.78, 5) is 63.6. The zero-order chi connectivity index (χ0) is 33.8. The molecule has 0 aromatic carbocycles. The SMILES string of the molecule is C=CCNC1=C2C[C@@H](C)C[C@H](OC)C(OC(N)=O)[C@@H](C)/C=C(\C)[C@H](OC(N)=O)C(OC)/C=C\C=C(/C)C(=O)NC(=CC1=O)C2=O. The summed E-state index contributed by atoms with van der Waals surface area (Å²) in [5.74, 6) is -2.39. The first-order valence-corrected chi connectivity index (χ1v) is 14.4. The van der Waals surface area contributed by atoms with Gasteiger partial charge in [0.2, 0.25) is 11.6 Å². The summed E-state index contributed by atoms with van der Waals surface area (Å²) in [6, 6.07) is 0. The van der Waals surface area contributed by atoms with Crippen LogP contribution in [-0.4, -0.2) is 74.8 Å². The van der Waals surface area contributed by atoms with Crippen molar-refractivity contribution in [1.29, 1.82) is 0 Å². The Hall–Kier alpha value is -4.49. The third kappa shape index (κ3) is 10.3. The molecule has 13 heteroatoms. The van der Waals surface area contributed by atoms with Crippen LogP contribution in [0.25, 0.3) is 0 Å². The van der Waals surface area contributed by atoms with Crippen LogP contribution in [0.2, 0.25) is 0 Å². The van der Waals surface area contributed by atoms with Crippen molar-refractivity contribution in [3.63, 3.8) is 0 Å². The first kappa shape index (κ1) is 36.7. The van der Waals surface area contributed by atoms with Gasteiger partial charge in [0, 0.05) is 43.9 Å². The van der Waals surface area contributed by atoms with Crippen LogP contribution < -0.4 is 22.1 Å². The number of methoxy groups -OCH3 is 2. The van der Waals surface area contributed by atoms with Gasteiger partial charge < -0.3 is 41.0 Å². The molecule has 45 heavy (non-hydrogen) atoms. The molecule has 0 aromatic heterocycles. The van der Waals surface area contributed by atoms with Crippen LogP contribution in [0.15, 0.2) is 71.1 Å². The summed E-state index contributed by atoms with van der Waals surface area (Å²) in [5.41, 5.74) is 11.7. The molecule has 0 spiro atoms. The van der Waals surface area contributed by atoms with Gasteiger partial charge in [0.25, 0.3) is 5.91 Å². The minimum atomic E-state index is -1.04. The zero-order valence-electron chi connectivity index (χ0n) is 26.6. The molecule has 1 aliphatic heterocycles. The van der Waals surface area contributed by atoms with Gasteiger partial charge in [-0.25, -0.2) is 9.59 Å². The van der Waals surface area contributed by atoms with Crippen LogP contribution in [0.3, 0.4) is 0 Å². The van der Waals surface area contributed by atoms with E-state index in [1.54, 1.807) is 32.1 Å². The molecule has 6 N–H and O–H groups in total. The largest absolute Gasteiger partial charge is 0.443 e. The summed E-state index contributed by atoms with van der Waals surface area (Å²) in [6.45, 7) is 10.8. The predicted octanol–water partition coefficient (Wildman–Crippen LogP) is 2.64. The minimum absolute atomic E-state index is 0.114. The van der Waals surface area contributed by atoms with E-state index >= 15 is 0 Å². The number of allylic oxidation sites excluding steroid dienone is 4. The number of carbonyl (C=O) groups excluding carboxylic acids is 5. The molecule has 0 fully saturated rings. The Morgan fingerprint density at radius 1 is 1.09 bits per heavy atom. The maximum Gasteiger partial charge on any atom is 0.405 e. The lowest BCUT2D eigenvalue weighted by molar-refractivity contribution is -0.120. The highest BCUT2D eigenvalue weighted by atomic mass is 16.6. The van der Waals surface area contributed by atoms with Crippen LogP contribution in [0.5, 0.6) is 0 Å². The molecule has 0 aromatic rings. The van der Waals surface area contributed by atoms with Gasteiger partial charge in [-0.15, -0.1) is 6.58 Å². The van der Waals surface area contributed by atoms with Crippen molar-refractivity contribution < 1.29 is 42.9 Å². The number of nitrogens with one attached hydrogen (secondary N) is 2. The molecule has 2 bridgehead atoms. The Bertz CT molecular complexity index is 1330. The van der Waals surface area contributed by atoms with E-state index in [0.29, 0.717) is 5.57 Å². The number of ether oxygens (including phenoxy) is 4.